The smallest absolute Gasteiger partial charge is 0.137 e. The molecule has 0 aliphatic rings. The molecule has 0 amide bonds. The average Bonchev–Trinajstić information content (AvgIpc) is 2.94. The zero-order valence-electron chi connectivity index (χ0n) is 19.2. The van der Waals surface area contributed by atoms with Crippen molar-refractivity contribution in [3.05, 3.63) is 151 Å². The molecule has 4 heteroatoms. The Labute approximate surface area is 212 Å². The third-order valence-corrected chi connectivity index (χ3v) is 8.50. The summed E-state index contributed by atoms with van der Waals surface area (Å²) in [6.45, 7) is 0. The van der Waals surface area contributed by atoms with Gasteiger partial charge in [-0.25, -0.2) is 4.99 Å². The van der Waals surface area contributed by atoms with Crippen molar-refractivity contribution < 1.29 is 0 Å². The maximum absolute atomic E-state index is 5.22. The molecule has 0 aliphatic heterocycles. The molecule has 0 radical (unpaired) electrons. The standard InChI is InChI=1S/C31H25N2PS/c1-5-15-25(16-6-1)31(32-29-23-13-14-24-30(29)35-28-21-11-4-12-22-28)33-34(26-17-7-2-8-18-26)27-19-9-3-10-20-27/h1-24H,(H,32,33). The summed E-state index contributed by atoms with van der Waals surface area (Å²) in [5.74, 6) is 0.866. The normalized spacial score (nSPS) is 11.4. The summed E-state index contributed by atoms with van der Waals surface area (Å²) in [5, 5.41) is 6.36. The van der Waals surface area contributed by atoms with Gasteiger partial charge in [-0.1, -0.05) is 133 Å². The first-order valence-corrected chi connectivity index (χ1v) is 13.7. The van der Waals surface area contributed by atoms with Crippen molar-refractivity contribution in [1.82, 2.24) is 5.09 Å². The van der Waals surface area contributed by atoms with E-state index in [-0.39, 0.29) is 0 Å². The molecule has 170 valence electrons. The molecule has 0 aliphatic carbocycles. The Morgan fingerprint density at radius 2 is 1.03 bits per heavy atom. The van der Waals surface area contributed by atoms with E-state index in [1.54, 1.807) is 11.8 Å². The number of nitrogens with one attached hydrogen (secondary N) is 1. The van der Waals surface area contributed by atoms with Gasteiger partial charge >= 0.3 is 0 Å². The molecule has 1 N–H and O–H groups in total. The maximum Gasteiger partial charge on any atom is 0.137 e. The molecule has 5 aromatic carbocycles. The molecule has 5 rings (SSSR count). The van der Waals surface area contributed by atoms with Crippen LogP contribution in [0.25, 0.3) is 0 Å². The van der Waals surface area contributed by atoms with Crippen LogP contribution in [0.1, 0.15) is 5.56 Å². The Kier molecular flexibility index (Phi) is 7.70. The van der Waals surface area contributed by atoms with Crippen LogP contribution >= 0.6 is 19.8 Å². The van der Waals surface area contributed by atoms with E-state index in [2.05, 4.69) is 132 Å². The Bertz CT molecular complexity index is 1340. The van der Waals surface area contributed by atoms with Gasteiger partial charge in [0.2, 0.25) is 0 Å². The summed E-state index contributed by atoms with van der Waals surface area (Å²) in [6.07, 6.45) is 0. The molecule has 0 atom stereocenters. The quantitative estimate of drug-likeness (QED) is 0.145. The highest BCUT2D eigenvalue weighted by Crippen LogP contribution is 2.36. The van der Waals surface area contributed by atoms with Crippen LogP contribution in [-0.2, 0) is 0 Å². The molecule has 0 aromatic heterocycles. The lowest BCUT2D eigenvalue weighted by Gasteiger charge is -2.22. The van der Waals surface area contributed by atoms with Gasteiger partial charge in [-0.3, -0.25) is 0 Å². The number of amidine groups is 1. The van der Waals surface area contributed by atoms with Crippen LogP contribution in [0, 0.1) is 0 Å². The van der Waals surface area contributed by atoms with E-state index in [0.29, 0.717) is 0 Å². The first-order valence-electron chi connectivity index (χ1n) is 11.5. The van der Waals surface area contributed by atoms with Gasteiger partial charge in [0.25, 0.3) is 0 Å². The Balaban J connectivity index is 1.58. The number of nitrogens with zero attached hydrogens (tertiary/aromatic N) is 1. The number of aliphatic imine (C=N–C) groups is 1. The first-order chi connectivity index (χ1) is 17.4. The summed E-state index contributed by atoms with van der Waals surface area (Å²) < 4.78 is 0. The van der Waals surface area contributed by atoms with Gasteiger partial charge in [-0.05, 0) is 24.3 Å². The van der Waals surface area contributed by atoms with E-state index < -0.39 is 8.07 Å². The van der Waals surface area contributed by atoms with E-state index in [9.17, 15) is 0 Å². The molecule has 0 heterocycles. The predicted octanol–water partition coefficient (Wildman–Crippen LogP) is 7.55. The van der Waals surface area contributed by atoms with Crippen molar-refractivity contribution in [1.29, 1.82) is 0 Å². The van der Waals surface area contributed by atoms with E-state index in [1.165, 1.54) is 15.5 Å². The second kappa shape index (κ2) is 11.7. The predicted molar refractivity (Wildman–Crippen MR) is 152 cm³/mol. The van der Waals surface area contributed by atoms with Crippen LogP contribution in [0.3, 0.4) is 0 Å². The zero-order valence-corrected chi connectivity index (χ0v) is 20.9. The van der Waals surface area contributed by atoms with Crippen LogP contribution in [0.2, 0.25) is 0 Å². The number of para-hydroxylation sites is 1. The second-order valence-corrected chi connectivity index (χ2v) is 10.9. The maximum atomic E-state index is 5.22. The van der Waals surface area contributed by atoms with Gasteiger partial charge in [-0.15, -0.1) is 0 Å². The highest BCUT2D eigenvalue weighted by molar-refractivity contribution is 7.99. The SMILES string of the molecule is c1ccc(Sc2ccccc2N=C(NP(c2ccccc2)c2ccccc2)c2ccccc2)cc1. The minimum absolute atomic E-state index is 0.855. The van der Waals surface area contributed by atoms with Gasteiger partial charge in [0.1, 0.15) is 5.84 Å². The van der Waals surface area contributed by atoms with E-state index in [1.807, 2.05) is 18.2 Å². The summed E-state index contributed by atoms with van der Waals surface area (Å²) in [4.78, 5) is 7.53. The molecule has 0 saturated carbocycles. The van der Waals surface area contributed by atoms with Crippen LogP contribution in [0.4, 0.5) is 5.69 Å². The molecule has 0 unspecified atom stereocenters. The van der Waals surface area contributed by atoms with Crippen LogP contribution < -0.4 is 15.7 Å². The molecule has 0 spiro atoms. The summed E-state index contributed by atoms with van der Waals surface area (Å²) in [5.41, 5.74) is 2.01. The first kappa shape index (κ1) is 23.1. The van der Waals surface area contributed by atoms with E-state index >= 15 is 0 Å². The third-order valence-electron chi connectivity index (χ3n) is 5.36. The summed E-state index contributed by atoms with van der Waals surface area (Å²) >= 11 is 1.73. The van der Waals surface area contributed by atoms with Crippen molar-refractivity contribution in [3.8, 4) is 0 Å². The fraction of sp³-hybridized carbons (Fsp3) is 0. The van der Waals surface area contributed by atoms with Gasteiger partial charge in [0.15, 0.2) is 0 Å². The highest BCUT2D eigenvalue weighted by Gasteiger charge is 2.17. The summed E-state index contributed by atoms with van der Waals surface area (Å²) in [7, 11) is -0.855. The van der Waals surface area contributed by atoms with Gasteiger partial charge < -0.3 is 5.09 Å². The topological polar surface area (TPSA) is 24.4 Å². The fourth-order valence-corrected chi connectivity index (χ4v) is 6.46. The largest absolute Gasteiger partial charge is 0.341 e. The molecule has 2 nitrogen and oxygen atoms in total. The van der Waals surface area contributed by atoms with Crippen molar-refractivity contribution in [2.75, 3.05) is 0 Å². The Morgan fingerprint density at radius 1 is 0.543 bits per heavy atom. The van der Waals surface area contributed by atoms with Crippen molar-refractivity contribution >= 4 is 42.0 Å². The monoisotopic (exact) mass is 488 g/mol. The molecule has 5 aromatic rings. The van der Waals surface area contributed by atoms with E-state index in [4.69, 9.17) is 4.99 Å². The number of benzene rings is 5. The van der Waals surface area contributed by atoms with Crippen LogP contribution in [0.5, 0.6) is 0 Å². The minimum atomic E-state index is -0.855. The number of rotatable bonds is 7. The lowest BCUT2D eigenvalue weighted by Crippen LogP contribution is -2.29. The average molecular weight is 489 g/mol. The molecule has 35 heavy (non-hydrogen) atoms. The Hall–Kier alpha value is -3.65. The zero-order chi connectivity index (χ0) is 23.7. The Morgan fingerprint density at radius 3 is 1.63 bits per heavy atom. The molecule has 0 bridgehead atoms. The van der Waals surface area contributed by atoms with Crippen LogP contribution in [0.15, 0.2) is 160 Å². The molecule has 0 saturated heterocycles. The summed E-state index contributed by atoms with van der Waals surface area (Å²) in [6, 6.07) is 50.4. The highest BCUT2D eigenvalue weighted by atomic mass is 32.2. The van der Waals surface area contributed by atoms with Gasteiger partial charge in [0.05, 0.1) is 13.8 Å². The lowest BCUT2D eigenvalue weighted by atomic mass is 10.2. The van der Waals surface area contributed by atoms with Gasteiger partial charge in [0, 0.05) is 26.0 Å². The van der Waals surface area contributed by atoms with Crippen LogP contribution in [-0.4, -0.2) is 5.84 Å². The van der Waals surface area contributed by atoms with Crippen molar-refractivity contribution in [2.45, 2.75) is 9.79 Å². The fourth-order valence-electron chi connectivity index (χ4n) is 3.66. The lowest BCUT2D eigenvalue weighted by molar-refractivity contribution is 1.31. The molecular weight excluding hydrogens is 463 g/mol. The molecular formula is C31H25N2PS. The van der Waals surface area contributed by atoms with Gasteiger partial charge in [-0.2, -0.15) is 0 Å². The van der Waals surface area contributed by atoms with Crippen molar-refractivity contribution in [2.24, 2.45) is 4.99 Å². The van der Waals surface area contributed by atoms with E-state index in [0.717, 1.165) is 22.0 Å². The second-order valence-electron chi connectivity index (χ2n) is 7.83. The number of hydrogen-bond acceptors (Lipinski definition) is 2. The minimum Gasteiger partial charge on any atom is -0.341 e. The third kappa shape index (κ3) is 6.08. The number of hydrogen-bond donors (Lipinski definition) is 1. The molecule has 0 fully saturated rings. The van der Waals surface area contributed by atoms with Crippen molar-refractivity contribution in [3.63, 3.8) is 0 Å².